The molecule has 1 N–H and O–H groups in total. The molecule has 0 aliphatic heterocycles. The molecule has 0 saturated carbocycles. The number of nitrogens with zero attached hydrogens (tertiary/aromatic N) is 2. The van der Waals surface area contributed by atoms with Gasteiger partial charge in [-0.2, -0.15) is 0 Å². The summed E-state index contributed by atoms with van der Waals surface area (Å²) in [6, 6.07) is 0. The molecule has 0 aliphatic rings. The smallest absolute Gasteiger partial charge is 0.230 e. The van der Waals surface area contributed by atoms with Crippen LogP contribution in [0, 0.1) is 0 Å². The third-order valence-electron chi connectivity index (χ3n) is 0.845. The summed E-state index contributed by atoms with van der Waals surface area (Å²) in [5.74, 6) is 0. The molecule has 0 rings (SSSR count). The van der Waals surface area contributed by atoms with E-state index in [9.17, 15) is 0 Å². The van der Waals surface area contributed by atoms with E-state index < -0.39 is 0 Å². The van der Waals surface area contributed by atoms with E-state index in [0.29, 0.717) is 11.4 Å². The quantitative estimate of drug-likeness (QED) is 0.346. The minimum absolute atomic E-state index is 0.451. The van der Waals surface area contributed by atoms with Crippen molar-refractivity contribution in [3.63, 3.8) is 0 Å². The summed E-state index contributed by atoms with van der Waals surface area (Å²) in [7, 11) is 0. The van der Waals surface area contributed by atoms with Crippen LogP contribution in [0.25, 0.3) is 0 Å². The van der Waals surface area contributed by atoms with Gasteiger partial charge in [-0.3, -0.25) is 0 Å². The van der Waals surface area contributed by atoms with E-state index >= 15 is 0 Å². The molecule has 52 valence electrons. The Morgan fingerprint density at radius 3 is 2.33 bits per heavy atom. The van der Waals surface area contributed by atoms with Crippen molar-refractivity contribution in [2.24, 2.45) is 10.3 Å². The van der Waals surface area contributed by atoms with E-state index in [1.165, 1.54) is 0 Å². The Labute approximate surface area is 67.3 Å². The summed E-state index contributed by atoms with van der Waals surface area (Å²) < 4.78 is 4.39. The molecule has 0 aromatic heterocycles. The highest BCUT2D eigenvalue weighted by atomic mass is 127. The van der Waals surface area contributed by atoms with E-state index in [-0.39, 0.29) is 0 Å². The van der Waals surface area contributed by atoms with Crippen molar-refractivity contribution in [3.05, 3.63) is 0 Å². The topological polar surface area (TPSA) is 54.2 Å². The molecule has 0 amide bonds. The van der Waals surface area contributed by atoms with Gasteiger partial charge < -0.3 is 8.37 Å². The molecule has 9 heavy (non-hydrogen) atoms. The van der Waals surface area contributed by atoms with Crippen molar-refractivity contribution in [1.82, 2.24) is 0 Å². The molecule has 0 spiro atoms. The molecular weight excluding hydrogens is 235 g/mol. The molecule has 0 bridgehead atoms. The van der Waals surface area contributed by atoms with Gasteiger partial charge in [0.1, 0.15) is 11.4 Å². The van der Waals surface area contributed by atoms with Crippen LogP contribution in [0.15, 0.2) is 10.3 Å². The lowest BCUT2D eigenvalue weighted by Gasteiger charge is -1.91. The van der Waals surface area contributed by atoms with Gasteiger partial charge in [0.05, 0.1) is 0 Å². The normalized spacial score (nSPS) is 13.7. The number of oxime groups is 2. The van der Waals surface area contributed by atoms with Gasteiger partial charge in [0, 0.05) is 0 Å². The Bertz CT molecular complexity index is 144. The van der Waals surface area contributed by atoms with Crippen molar-refractivity contribution in [2.75, 3.05) is 0 Å². The fourth-order valence-electron chi connectivity index (χ4n) is 0.190. The zero-order valence-electron chi connectivity index (χ0n) is 5.13. The average molecular weight is 242 g/mol. The van der Waals surface area contributed by atoms with Crippen LogP contribution in [0.3, 0.4) is 0 Å². The lowest BCUT2D eigenvalue weighted by molar-refractivity contribution is 0.319. The predicted molar refractivity (Wildman–Crippen MR) is 43.1 cm³/mol. The second-order valence-corrected chi connectivity index (χ2v) is 1.83. The molecule has 0 aromatic rings. The van der Waals surface area contributed by atoms with Crippen molar-refractivity contribution in [2.45, 2.75) is 13.8 Å². The van der Waals surface area contributed by atoms with Gasteiger partial charge in [0.25, 0.3) is 0 Å². The van der Waals surface area contributed by atoms with Crippen LogP contribution in [0.5, 0.6) is 0 Å². The van der Waals surface area contributed by atoms with Crippen molar-refractivity contribution >= 4 is 34.4 Å². The van der Waals surface area contributed by atoms with Crippen LogP contribution in [0.1, 0.15) is 13.8 Å². The highest BCUT2D eigenvalue weighted by molar-refractivity contribution is 14.1. The average Bonchev–Trinajstić information content (AvgIpc) is 1.87. The predicted octanol–water partition coefficient (Wildman–Crippen LogP) is 1.58. The van der Waals surface area contributed by atoms with Crippen molar-refractivity contribution < 1.29 is 8.37 Å². The van der Waals surface area contributed by atoms with E-state index in [0.717, 1.165) is 0 Å². The first-order valence-electron chi connectivity index (χ1n) is 2.23. The largest absolute Gasteiger partial charge is 0.411 e. The van der Waals surface area contributed by atoms with E-state index in [1.807, 2.05) is 0 Å². The first-order valence-corrected chi connectivity index (χ1v) is 3.11. The maximum absolute atomic E-state index is 8.18. The maximum atomic E-state index is 8.18. The summed E-state index contributed by atoms with van der Waals surface area (Å²) in [5, 5.41) is 14.6. The lowest BCUT2D eigenvalue weighted by atomic mass is 10.3. The van der Waals surface area contributed by atoms with Crippen LogP contribution in [0.2, 0.25) is 0 Å². The molecule has 0 heterocycles. The van der Waals surface area contributed by atoms with Crippen molar-refractivity contribution in [3.8, 4) is 0 Å². The van der Waals surface area contributed by atoms with E-state index in [2.05, 4.69) is 13.5 Å². The second kappa shape index (κ2) is 4.54. The van der Waals surface area contributed by atoms with Gasteiger partial charge in [-0.05, 0) is 13.8 Å². The van der Waals surface area contributed by atoms with Crippen LogP contribution in [-0.4, -0.2) is 16.6 Å². The molecule has 0 aromatic carbocycles. The standard InChI is InChI=1S/C4H7IN2O2/c1-3(6-8)4(2)7-9-5/h8H,1-2H3. The summed E-state index contributed by atoms with van der Waals surface area (Å²) in [6.45, 7) is 3.32. The molecule has 5 heteroatoms. The molecule has 0 fully saturated rings. The SMILES string of the molecule is CC(=NO)C(C)=NOI. The Kier molecular flexibility index (Phi) is 4.37. The number of halogens is 1. The molecule has 0 unspecified atom stereocenters. The van der Waals surface area contributed by atoms with Gasteiger partial charge in [0.15, 0.2) is 0 Å². The van der Waals surface area contributed by atoms with Gasteiger partial charge in [-0.15, -0.1) is 0 Å². The fourth-order valence-corrected chi connectivity index (χ4v) is 0.486. The third-order valence-corrected chi connectivity index (χ3v) is 1.04. The van der Waals surface area contributed by atoms with Gasteiger partial charge in [-0.25, -0.2) is 0 Å². The Morgan fingerprint density at radius 2 is 2.00 bits per heavy atom. The number of rotatable bonds is 2. The number of hydrogen-bond acceptors (Lipinski definition) is 4. The third kappa shape index (κ3) is 3.28. The van der Waals surface area contributed by atoms with Crippen LogP contribution >= 0.6 is 23.0 Å². The zero-order valence-corrected chi connectivity index (χ0v) is 7.29. The van der Waals surface area contributed by atoms with Crippen molar-refractivity contribution in [1.29, 1.82) is 0 Å². The second-order valence-electron chi connectivity index (χ2n) is 1.43. The first kappa shape index (κ1) is 8.67. The van der Waals surface area contributed by atoms with Crippen LogP contribution < -0.4 is 0 Å². The summed E-state index contributed by atoms with van der Waals surface area (Å²) in [4.78, 5) is 0. The summed E-state index contributed by atoms with van der Waals surface area (Å²) in [5.41, 5.74) is 1.01. The highest BCUT2D eigenvalue weighted by Gasteiger charge is 1.95. The molecule has 0 atom stereocenters. The molecule has 0 saturated heterocycles. The lowest BCUT2D eigenvalue weighted by Crippen LogP contribution is -2.04. The van der Waals surface area contributed by atoms with Gasteiger partial charge in [0.2, 0.25) is 23.0 Å². The minimum atomic E-state index is 0.451. The molecular formula is C4H7IN2O2. The fraction of sp³-hybridized carbons (Fsp3) is 0.500. The Hall–Kier alpha value is -0.330. The molecule has 0 radical (unpaired) electrons. The Balaban J connectivity index is 4.03. The van der Waals surface area contributed by atoms with Crippen LogP contribution in [0.4, 0.5) is 0 Å². The van der Waals surface area contributed by atoms with Gasteiger partial charge in [-0.1, -0.05) is 10.3 Å². The highest BCUT2D eigenvalue weighted by Crippen LogP contribution is 1.89. The van der Waals surface area contributed by atoms with E-state index in [1.54, 1.807) is 36.9 Å². The maximum Gasteiger partial charge on any atom is 0.230 e. The van der Waals surface area contributed by atoms with Crippen LogP contribution in [-0.2, 0) is 3.17 Å². The van der Waals surface area contributed by atoms with E-state index in [4.69, 9.17) is 5.21 Å². The number of hydrogen-bond donors (Lipinski definition) is 1. The minimum Gasteiger partial charge on any atom is -0.411 e. The monoisotopic (exact) mass is 242 g/mol. The Morgan fingerprint density at radius 1 is 1.44 bits per heavy atom. The van der Waals surface area contributed by atoms with Gasteiger partial charge >= 0.3 is 0 Å². The molecule has 0 aliphatic carbocycles. The first-order chi connectivity index (χ1) is 4.22. The zero-order chi connectivity index (χ0) is 7.28. The summed E-state index contributed by atoms with van der Waals surface area (Å²) in [6.07, 6.45) is 0. The molecule has 4 nitrogen and oxygen atoms in total. The summed E-state index contributed by atoms with van der Waals surface area (Å²) >= 11 is 1.63.